The Labute approximate surface area is 417 Å². The third-order valence-electron chi connectivity index (χ3n) is 13.7. The molecule has 0 aliphatic carbocycles. The second-order valence-electron chi connectivity index (χ2n) is 18.4. The van der Waals surface area contributed by atoms with Crippen LogP contribution in [0.2, 0.25) is 0 Å². The predicted molar refractivity (Wildman–Crippen MR) is 225 cm³/mol. The van der Waals surface area contributed by atoms with Gasteiger partial charge in [0.05, 0.1) is 33.0 Å². The van der Waals surface area contributed by atoms with E-state index in [9.17, 15) is 92.3 Å². The average Bonchev–Trinajstić information content (AvgIpc) is 3.40. The Hall–Kier alpha value is -2.92. The highest BCUT2D eigenvalue weighted by molar-refractivity contribution is 5.74. The Bertz CT molecular complexity index is 1990. The molecule has 420 valence electrons. The zero-order valence-corrected chi connectivity index (χ0v) is 38.5. The SMILES string of the molecule is [N-]=[N+]=C(O)[C@@H]1O[C@H]2O[C@H]3[C@H](O)[C@@H](O)[C@@H](O[C@H]4[C@H](O)[C@@H](O)[C@@H](O[C@H]5[C@H](O)[C@@H](O)[C@@H](O[C@H]6[C@H](O)[C@@H](O)[C@@H](O[C@H]7[C@H](O)[C@@H](O)[C@@H](O[C@H]1[C@H](Oc1ccccc1)[C@H]2O)O[C@@H]7CO)O[C@@H]6CO)O[C@@H]5CO)O[C@@H]4CO)O[C@@H]3CO. The van der Waals surface area contributed by atoms with E-state index in [2.05, 4.69) is 4.79 Å². The molecule has 0 saturated carbocycles. The largest absolute Gasteiger partial charge is 0.485 e. The summed E-state index contributed by atoms with van der Waals surface area (Å²) in [5.41, 5.74) is 9.83. The fraction of sp³-hybridized carbons (Fsp3) is 0.833. The van der Waals surface area contributed by atoms with Gasteiger partial charge in [-0.05, 0) is 12.1 Å². The van der Waals surface area contributed by atoms with Crippen molar-refractivity contribution in [2.45, 2.75) is 184 Å². The number of para-hydroxylation sites is 1. The number of aliphatic hydroxyl groups excluding tert-OH is 17. The fourth-order valence-electron chi connectivity index (χ4n) is 9.74. The summed E-state index contributed by atoms with van der Waals surface area (Å²) in [5.74, 6) is -1.30. The van der Waals surface area contributed by atoms with Crippen LogP contribution >= 0.6 is 0 Å². The molecule has 22 aliphatic rings. The van der Waals surface area contributed by atoms with Gasteiger partial charge in [-0.1, -0.05) is 18.2 Å². The Morgan fingerprint density at radius 3 is 0.919 bits per heavy atom. The molecular formula is C42H62N2O30. The van der Waals surface area contributed by atoms with E-state index in [4.69, 9.17) is 61.6 Å². The van der Waals surface area contributed by atoms with Gasteiger partial charge in [0.25, 0.3) is 0 Å². The molecule has 1 aromatic rings. The third-order valence-corrected chi connectivity index (χ3v) is 13.7. The van der Waals surface area contributed by atoms with Crippen LogP contribution in [0.4, 0.5) is 0 Å². The van der Waals surface area contributed by atoms with Gasteiger partial charge >= 0.3 is 5.90 Å². The lowest BCUT2D eigenvalue weighted by Crippen LogP contribution is -2.69. The van der Waals surface area contributed by atoms with Crippen LogP contribution in [0.15, 0.2) is 30.3 Å². The molecule has 22 saturated heterocycles. The number of aliphatic hydroxyl groups is 17. The van der Waals surface area contributed by atoms with Gasteiger partial charge in [-0.15, -0.1) is 4.79 Å². The molecule has 1 aromatic carbocycles. The van der Waals surface area contributed by atoms with Crippen LogP contribution in [0.25, 0.3) is 5.53 Å². The number of benzene rings is 1. The van der Waals surface area contributed by atoms with Crippen LogP contribution in [-0.4, -0.2) is 315 Å². The van der Waals surface area contributed by atoms with Crippen LogP contribution in [-0.2, 0) is 56.8 Å². The molecule has 22 heterocycles. The second kappa shape index (κ2) is 24.4. The lowest BCUT2D eigenvalue weighted by Gasteiger charge is -2.50. The van der Waals surface area contributed by atoms with Crippen LogP contribution in [0.3, 0.4) is 0 Å². The van der Waals surface area contributed by atoms with Crippen LogP contribution in [0.5, 0.6) is 5.75 Å². The molecule has 0 unspecified atom stereocenters. The zero-order chi connectivity index (χ0) is 53.4. The first-order valence-corrected chi connectivity index (χ1v) is 23.4. The monoisotopic (exact) mass is 1070 g/mol. The smallest absolute Gasteiger partial charge is 0.479 e. The van der Waals surface area contributed by atoms with Crippen LogP contribution in [0, 0.1) is 0 Å². The Kier molecular flexibility index (Phi) is 18.9. The maximum Gasteiger partial charge on any atom is 0.479 e. The van der Waals surface area contributed by atoms with Crippen molar-refractivity contribution in [3.63, 3.8) is 0 Å². The van der Waals surface area contributed by atoms with E-state index in [0.29, 0.717) is 0 Å². The van der Waals surface area contributed by atoms with Gasteiger partial charge in [0.2, 0.25) is 6.10 Å². The van der Waals surface area contributed by atoms with Gasteiger partial charge in [0, 0.05) is 0 Å². The van der Waals surface area contributed by atoms with Crippen molar-refractivity contribution in [3.05, 3.63) is 35.9 Å². The summed E-state index contributed by atoms with van der Waals surface area (Å²) in [7, 11) is 0. The highest BCUT2D eigenvalue weighted by Crippen LogP contribution is 2.39. The summed E-state index contributed by atoms with van der Waals surface area (Å²) in [6.07, 6.45) is -60.2. The lowest BCUT2D eigenvalue weighted by molar-refractivity contribution is -0.401. The van der Waals surface area contributed by atoms with Crippen molar-refractivity contribution in [1.29, 1.82) is 0 Å². The quantitative estimate of drug-likeness (QED) is 0.0497. The number of rotatable bonds is 8. The first-order valence-electron chi connectivity index (χ1n) is 23.4. The first-order chi connectivity index (χ1) is 35.4. The molecule has 30 atom stereocenters. The Morgan fingerprint density at radius 2 is 0.649 bits per heavy atom. The molecule has 23 rings (SSSR count). The minimum atomic E-state index is -2.24. The summed E-state index contributed by atoms with van der Waals surface area (Å²) in [5, 5.41) is 189. The second-order valence-corrected chi connectivity index (χ2v) is 18.4. The van der Waals surface area contributed by atoms with E-state index < -0.39 is 223 Å². The number of hydrogen-bond donors (Lipinski definition) is 17. The maximum atomic E-state index is 12.0. The first kappa shape index (κ1) is 57.3. The van der Waals surface area contributed by atoms with Crippen LogP contribution in [0.1, 0.15) is 0 Å². The highest BCUT2D eigenvalue weighted by Gasteiger charge is 2.60. The standard InChI is InChI=1S/C42H62N2O30/c43-44-36(61)35-34-33(62-11-4-2-1-3-5-11)27(60)42(74-35)72-32-16(10-49)66-40(25(58)20(32)53)70-30-14(8-47)64-38(23(56)18(30)51)68-28-12(6-45)63-37(22(55)17(28)50)69-29-13(7-46)65-39(24(57)19(29)52)71-31-15(9-48)67-41(73-34)26(59)21(31)54/h1-5,12-35,37-42,45-61H,6-10H2/t12-,13-,14-,15-,16-,17-,18-,19-,20-,21-,22-,23-,24-,25-,26-,27-,28-,29-,30-,31-,32-,33-,34+,35-,37-,38-,39-,40-,41-,42-/m1/s1. The van der Waals surface area contributed by atoms with Crippen molar-refractivity contribution in [2.75, 3.05) is 33.0 Å². The summed E-state index contributed by atoms with van der Waals surface area (Å²) in [6, 6.07) is 7.44. The molecule has 12 bridgehead atoms. The normalized spacial score (nSPS) is 50.4. The van der Waals surface area contributed by atoms with Crippen molar-refractivity contribution >= 4 is 5.90 Å². The van der Waals surface area contributed by atoms with Crippen molar-refractivity contribution < 1.29 is 153 Å². The summed E-state index contributed by atoms with van der Waals surface area (Å²) >= 11 is 0. The van der Waals surface area contributed by atoms with Gasteiger partial charge in [-0.25, -0.2) is 0 Å². The minimum Gasteiger partial charge on any atom is -0.485 e. The van der Waals surface area contributed by atoms with E-state index in [-0.39, 0.29) is 5.75 Å². The molecular weight excluding hydrogens is 1010 g/mol. The molecule has 0 radical (unpaired) electrons. The van der Waals surface area contributed by atoms with Crippen molar-refractivity contribution in [3.8, 4) is 5.75 Å². The number of hydrogen-bond acceptors (Lipinski definition) is 29. The molecule has 32 nitrogen and oxygen atoms in total. The molecule has 0 spiro atoms. The van der Waals surface area contributed by atoms with Gasteiger partial charge in [0.15, 0.2) is 43.8 Å². The third kappa shape index (κ3) is 11.2. The average molecular weight is 1070 g/mol. The minimum absolute atomic E-state index is 0.00179. The van der Waals surface area contributed by atoms with Crippen molar-refractivity contribution in [2.24, 2.45) is 0 Å². The molecule has 22 fully saturated rings. The lowest BCUT2D eigenvalue weighted by atomic mass is 9.94. The molecule has 74 heavy (non-hydrogen) atoms. The molecule has 22 aliphatic heterocycles. The molecule has 17 N–H and O–H groups in total. The maximum absolute atomic E-state index is 12.0. The summed E-state index contributed by atoms with van der Waals surface area (Å²) in [4.78, 5) is 2.77. The fourth-order valence-corrected chi connectivity index (χ4v) is 9.74. The summed E-state index contributed by atoms with van der Waals surface area (Å²) in [6.45, 7) is -5.16. The molecule has 0 amide bonds. The zero-order valence-electron chi connectivity index (χ0n) is 38.5. The van der Waals surface area contributed by atoms with E-state index in [1.165, 1.54) is 24.3 Å². The predicted octanol–water partition coefficient (Wildman–Crippen LogP) is -10.8. The van der Waals surface area contributed by atoms with E-state index >= 15 is 0 Å². The van der Waals surface area contributed by atoms with Gasteiger partial charge in [-0.2, -0.15) is 0 Å². The van der Waals surface area contributed by atoms with E-state index in [1.807, 2.05) is 0 Å². The molecule has 32 heteroatoms. The highest BCUT2D eigenvalue weighted by atomic mass is 16.8. The van der Waals surface area contributed by atoms with Gasteiger partial charge in [-0.3, -0.25) is 0 Å². The van der Waals surface area contributed by atoms with Crippen molar-refractivity contribution in [1.82, 2.24) is 0 Å². The Morgan fingerprint density at radius 1 is 0.378 bits per heavy atom. The van der Waals surface area contributed by atoms with Crippen LogP contribution < -0.4 is 4.74 Å². The van der Waals surface area contributed by atoms with Gasteiger partial charge < -0.3 is 154 Å². The Balaban J connectivity index is 1.15. The van der Waals surface area contributed by atoms with E-state index in [1.54, 1.807) is 6.07 Å². The summed E-state index contributed by atoms with van der Waals surface area (Å²) < 4.78 is 75.3. The van der Waals surface area contributed by atoms with Gasteiger partial charge in [0.1, 0.15) is 140 Å². The van der Waals surface area contributed by atoms with E-state index in [0.717, 1.165) is 0 Å². The molecule has 0 aromatic heterocycles. The topological polar surface area (TPSA) is 500 Å². The number of ether oxygens (including phenoxy) is 13. The number of nitrogens with zero attached hydrogens (tertiary/aromatic N) is 2.